The molecule has 0 spiro atoms. The summed E-state index contributed by atoms with van der Waals surface area (Å²) in [6.45, 7) is 11.8. The van der Waals surface area contributed by atoms with Gasteiger partial charge in [0.2, 0.25) is 11.8 Å². The molecule has 2 aromatic carbocycles. The SMILES string of the molecule is COc1ccc(CC(=O)N2CCCN(C(C)C)CCN(C(=O)Cc3csc(C)n3)Cc3cccc(C)c32)cc1. The zero-order chi connectivity index (χ0) is 27.9. The molecule has 2 heterocycles. The molecule has 0 bridgehead atoms. The van der Waals surface area contributed by atoms with Gasteiger partial charge >= 0.3 is 0 Å². The second-order valence-corrected chi connectivity index (χ2v) is 11.5. The molecule has 0 saturated carbocycles. The van der Waals surface area contributed by atoms with Crippen molar-refractivity contribution in [3.63, 3.8) is 0 Å². The summed E-state index contributed by atoms with van der Waals surface area (Å²) in [4.78, 5) is 38.3. The van der Waals surface area contributed by atoms with Gasteiger partial charge in [0, 0.05) is 44.1 Å². The molecule has 1 aliphatic heterocycles. The molecule has 0 fully saturated rings. The van der Waals surface area contributed by atoms with Gasteiger partial charge in [-0.3, -0.25) is 14.5 Å². The van der Waals surface area contributed by atoms with E-state index in [4.69, 9.17) is 4.74 Å². The van der Waals surface area contributed by atoms with Crippen LogP contribution >= 0.6 is 11.3 Å². The number of para-hydroxylation sites is 1. The van der Waals surface area contributed by atoms with E-state index in [1.165, 1.54) is 0 Å². The summed E-state index contributed by atoms with van der Waals surface area (Å²) in [5.74, 6) is 0.891. The Bertz CT molecular complexity index is 1270. The zero-order valence-corrected chi connectivity index (χ0v) is 24.6. The van der Waals surface area contributed by atoms with Crippen LogP contribution in [0.1, 0.15) is 47.7 Å². The average molecular weight is 549 g/mol. The van der Waals surface area contributed by atoms with E-state index in [-0.39, 0.29) is 18.2 Å². The third-order valence-electron chi connectivity index (χ3n) is 7.33. The third kappa shape index (κ3) is 7.46. The van der Waals surface area contributed by atoms with E-state index >= 15 is 0 Å². The first-order chi connectivity index (χ1) is 18.7. The van der Waals surface area contributed by atoms with E-state index in [1.807, 2.05) is 52.4 Å². The Morgan fingerprint density at radius 3 is 2.41 bits per heavy atom. The van der Waals surface area contributed by atoms with E-state index in [0.29, 0.717) is 32.1 Å². The maximum Gasteiger partial charge on any atom is 0.231 e. The Labute approximate surface area is 236 Å². The Balaban J connectivity index is 1.66. The van der Waals surface area contributed by atoms with Gasteiger partial charge in [-0.15, -0.1) is 11.3 Å². The second kappa shape index (κ2) is 13.2. The van der Waals surface area contributed by atoms with E-state index in [9.17, 15) is 9.59 Å². The molecule has 0 radical (unpaired) electrons. The lowest BCUT2D eigenvalue weighted by Gasteiger charge is -2.30. The molecule has 7 nitrogen and oxygen atoms in total. The quantitative estimate of drug-likeness (QED) is 0.432. The highest BCUT2D eigenvalue weighted by molar-refractivity contribution is 7.09. The van der Waals surface area contributed by atoms with Gasteiger partial charge in [0.05, 0.1) is 36.3 Å². The number of methoxy groups -OCH3 is 1. The van der Waals surface area contributed by atoms with Crippen LogP contribution in [0.4, 0.5) is 5.69 Å². The summed E-state index contributed by atoms with van der Waals surface area (Å²) < 4.78 is 5.28. The normalized spacial score (nSPS) is 15.1. The van der Waals surface area contributed by atoms with Crippen LogP contribution in [0.3, 0.4) is 0 Å². The fraction of sp³-hybridized carbons (Fsp3) is 0.452. The van der Waals surface area contributed by atoms with Crippen molar-refractivity contribution in [3.05, 3.63) is 75.2 Å². The summed E-state index contributed by atoms with van der Waals surface area (Å²) in [5, 5.41) is 2.94. The molecule has 0 unspecified atom stereocenters. The highest BCUT2D eigenvalue weighted by Gasteiger charge is 2.26. The van der Waals surface area contributed by atoms with Gasteiger partial charge in [0.25, 0.3) is 0 Å². The zero-order valence-electron chi connectivity index (χ0n) is 23.8. The minimum Gasteiger partial charge on any atom is -0.497 e. The number of fused-ring (bicyclic) bond motifs is 1. The molecule has 2 amide bonds. The number of thiazole rings is 1. The molecule has 0 aliphatic carbocycles. The Kier molecular flexibility index (Phi) is 9.75. The first-order valence-corrected chi connectivity index (χ1v) is 14.6. The molecule has 4 rings (SSSR count). The molecule has 1 aliphatic rings. The molecular formula is C31H40N4O3S. The number of hydrogen-bond acceptors (Lipinski definition) is 6. The van der Waals surface area contributed by atoms with Gasteiger partial charge in [-0.05, 0) is 62.9 Å². The van der Waals surface area contributed by atoms with Crippen molar-refractivity contribution in [3.8, 4) is 5.75 Å². The topological polar surface area (TPSA) is 66.0 Å². The maximum atomic E-state index is 13.9. The molecule has 39 heavy (non-hydrogen) atoms. The van der Waals surface area contributed by atoms with Crippen molar-refractivity contribution in [1.82, 2.24) is 14.8 Å². The van der Waals surface area contributed by atoms with Crippen molar-refractivity contribution in [2.45, 2.75) is 59.5 Å². The number of nitrogens with zero attached hydrogens (tertiary/aromatic N) is 4. The monoisotopic (exact) mass is 548 g/mol. The molecular weight excluding hydrogens is 508 g/mol. The number of carbonyl (C=O) groups is 2. The van der Waals surface area contributed by atoms with Crippen LogP contribution in [0.2, 0.25) is 0 Å². The maximum absolute atomic E-state index is 13.9. The molecule has 1 aromatic heterocycles. The van der Waals surface area contributed by atoms with Crippen molar-refractivity contribution in [1.29, 1.82) is 0 Å². The van der Waals surface area contributed by atoms with Gasteiger partial charge in [-0.1, -0.05) is 30.3 Å². The van der Waals surface area contributed by atoms with Crippen molar-refractivity contribution in [2.75, 3.05) is 38.2 Å². The van der Waals surface area contributed by atoms with Gasteiger partial charge in [-0.25, -0.2) is 4.98 Å². The van der Waals surface area contributed by atoms with Gasteiger partial charge in [0.15, 0.2) is 0 Å². The molecule has 0 saturated heterocycles. The lowest BCUT2D eigenvalue weighted by Crippen LogP contribution is -2.42. The fourth-order valence-corrected chi connectivity index (χ4v) is 5.78. The average Bonchev–Trinajstić information content (AvgIpc) is 3.30. The number of hydrogen-bond donors (Lipinski definition) is 0. The van der Waals surface area contributed by atoms with Crippen LogP contribution in [0, 0.1) is 13.8 Å². The summed E-state index contributed by atoms with van der Waals surface area (Å²) in [7, 11) is 1.64. The Morgan fingerprint density at radius 1 is 0.974 bits per heavy atom. The Hall–Kier alpha value is -3.23. The van der Waals surface area contributed by atoms with Crippen LogP contribution < -0.4 is 9.64 Å². The summed E-state index contributed by atoms with van der Waals surface area (Å²) in [5.41, 5.74) is 4.73. The fourth-order valence-electron chi connectivity index (χ4n) is 5.17. The Morgan fingerprint density at radius 2 is 1.74 bits per heavy atom. The summed E-state index contributed by atoms with van der Waals surface area (Å²) in [6.07, 6.45) is 1.44. The lowest BCUT2D eigenvalue weighted by molar-refractivity contribution is -0.131. The van der Waals surface area contributed by atoms with Crippen LogP contribution in [-0.4, -0.2) is 65.9 Å². The van der Waals surface area contributed by atoms with Gasteiger partial charge in [-0.2, -0.15) is 0 Å². The molecule has 0 atom stereocenters. The standard InChI is InChI=1S/C31H40N4O3S/c1-22(2)33-14-7-15-35(30(37)18-25-10-12-28(38-5)13-11-25)31-23(3)8-6-9-26(31)20-34(17-16-33)29(36)19-27-21-39-24(4)32-27/h6,8-13,21-22H,7,14-20H2,1-5H3. The van der Waals surface area contributed by atoms with E-state index in [1.54, 1.807) is 18.4 Å². The van der Waals surface area contributed by atoms with Crippen LogP contribution in [0.5, 0.6) is 5.75 Å². The first-order valence-electron chi connectivity index (χ1n) is 13.7. The van der Waals surface area contributed by atoms with Crippen molar-refractivity contribution < 1.29 is 14.3 Å². The first kappa shape index (κ1) is 28.8. The highest BCUT2D eigenvalue weighted by Crippen LogP contribution is 2.29. The van der Waals surface area contributed by atoms with E-state index in [0.717, 1.165) is 58.3 Å². The smallest absolute Gasteiger partial charge is 0.231 e. The molecule has 0 N–H and O–H groups in total. The summed E-state index contributed by atoms with van der Waals surface area (Å²) in [6, 6.07) is 14.2. The number of carbonyl (C=O) groups excluding carboxylic acids is 2. The number of ether oxygens (including phenoxy) is 1. The minimum atomic E-state index is 0.0573. The molecule has 3 aromatic rings. The lowest BCUT2D eigenvalue weighted by atomic mass is 10.0. The van der Waals surface area contributed by atoms with Crippen LogP contribution in [0.25, 0.3) is 0 Å². The number of anilines is 1. The molecule has 208 valence electrons. The predicted octanol–water partition coefficient (Wildman–Crippen LogP) is 5.03. The number of aryl methyl sites for hydroxylation is 2. The third-order valence-corrected chi connectivity index (χ3v) is 8.16. The van der Waals surface area contributed by atoms with E-state index < -0.39 is 0 Å². The minimum absolute atomic E-state index is 0.0573. The molecule has 8 heteroatoms. The van der Waals surface area contributed by atoms with Gasteiger partial charge in [0.1, 0.15) is 5.75 Å². The number of amides is 2. The predicted molar refractivity (Wildman–Crippen MR) is 158 cm³/mol. The number of benzene rings is 2. The largest absolute Gasteiger partial charge is 0.497 e. The van der Waals surface area contributed by atoms with Crippen LogP contribution in [-0.2, 0) is 29.0 Å². The number of rotatable bonds is 6. The van der Waals surface area contributed by atoms with E-state index in [2.05, 4.69) is 42.8 Å². The van der Waals surface area contributed by atoms with Gasteiger partial charge < -0.3 is 14.5 Å². The van der Waals surface area contributed by atoms with Crippen LogP contribution in [0.15, 0.2) is 47.8 Å². The van der Waals surface area contributed by atoms with Crippen molar-refractivity contribution in [2.24, 2.45) is 0 Å². The second-order valence-electron chi connectivity index (χ2n) is 10.5. The number of aromatic nitrogens is 1. The van der Waals surface area contributed by atoms with Crippen molar-refractivity contribution >= 4 is 28.8 Å². The summed E-state index contributed by atoms with van der Waals surface area (Å²) >= 11 is 1.57. The highest BCUT2D eigenvalue weighted by atomic mass is 32.1.